The molecule has 1 aliphatic heterocycles. The minimum Gasteiger partial charge on any atom is -0.507 e. The largest absolute Gasteiger partial charge is 0.507 e. The third kappa shape index (κ3) is 3.50. The van der Waals surface area contributed by atoms with Gasteiger partial charge < -0.3 is 20.1 Å². The molecule has 6 heteroatoms. The predicted octanol–water partition coefficient (Wildman–Crippen LogP) is 1.34. The number of hydrogen-bond donors (Lipinski definition) is 3. The van der Waals surface area contributed by atoms with E-state index in [1.165, 1.54) is 6.20 Å². The molecule has 3 N–H and O–H groups in total. The van der Waals surface area contributed by atoms with Crippen molar-refractivity contribution in [1.82, 2.24) is 9.88 Å². The van der Waals surface area contributed by atoms with Crippen LogP contribution in [0.4, 0.5) is 0 Å². The lowest BCUT2D eigenvalue weighted by Gasteiger charge is -2.43. The van der Waals surface area contributed by atoms with Crippen LogP contribution >= 0.6 is 0 Å². The second kappa shape index (κ2) is 6.52. The number of amides is 1. The van der Waals surface area contributed by atoms with Crippen LogP contribution in [0.15, 0.2) is 17.1 Å². The molecule has 22 heavy (non-hydrogen) atoms. The summed E-state index contributed by atoms with van der Waals surface area (Å²) < 4.78 is 0. The van der Waals surface area contributed by atoms with Crippen LogP contribution in [0.25, 0.3) is 0 Å². The molecular formula is C16H24N2O4. The molecule has 0 saturated carbocycles. The summed E-state index contributed by atoms with van der Waals surface area (Å²) in [6.45, 7) is 5.32. The van der Waals surface area contributed by atoms with Crippen LogP contribution in [0.5, 0.6) is 5.75 Å². The smallest absolute Gasteiger partial charge is 0.259 e. The average Bonchev–Trinajstić information content (AvgIpc) is 2.46. The van der Waals surface area contributed by atoms with E-state index in [1.807, 2.05) is 0 Å². The van der Waals surface area contributed by atoms with Crippen LogP contribution in [0.1, 0.15) is 43.5 Å². The third-order valence-electron chi connectivity index (χ3n) is 4.26. The van der Waals surface area contributed by atoms with Gasteiger partial charge in [-0.25, -0.2) is 0 Å². The highest BCUT2D eigenvalue weighted by Gasteiger charge is 2.37. The molecule has 6 nitrogen and oxygen atoms in total. The van der Waals surface area contributed by atoms with Gasteiger partial charge in [-0.3, -0.25) is 9.59 Å². The standard InChI is InChI=1S/C16H24N2O4/c1-11(2)7-16(10-19)4-3-5-18(9-16)15(22)12-8-17-14(21)6-13(12)20/h6,8,11,19H,3-5,7,9-10H2,1-2H3,(H2,17,20,21). The van der Waals surface area contributed by atoms with Gasteiger partial charge in [0.1, 0.15) is 5.75 Å². The lowest BCUT2D eigenvalue weighted by molar-refractivity contribution is 0.0158. The number of nitrogens with zero attached hydrogens (tertiary/aromatic N) is 1. The highest BCUT2D eigenvalue weighted by atomic mass is 16.3. The Kier molecular flexibility index (Phi) is 4.90. The van der Waals surface area contributed by atoms with Crippen molar-refractivity contribution >= 4 is 5.91 Å². The van der Waals surface area contributed by atoms with Crippen LogP contribution in [0.3, 0.4) is 0 Å². The number of likely N-dealkylation sites (tertiary alicyclic amines) is 1. The number of rotatable bonds is 4. The second-order valence-corrected chi connectivity index (χ2v) is 6.68. The van der Waals surface area contributed by atoms with Crippen molar-refractivity contribution in [2.24, 2.45) is 11.3 Å². The molecule has 0 spiro atoms. The van der Waals surface area contributed by atoms with E-state index in [-0.39, 0.29) is 29.2 Å². The van der Waals surface area contributed by atoms with Crippen molar-refractivity contribution in [3.05, 3.63) is 28.2 Å². The lowest BCUT2D eigenvalue weighted by Crippen LogP contribution is -2.48. The molecule has 0 radical (unpaired) electrons. The lowest BCUT2D eigenvalue weighted by atomic mass is 9.74. The molecule has 1 aromatic rings. The fraction of sp³-hybridized carbons (Fsp3) is 0.625. The van der Waals surface area contributed by atoms with E-state index in [4.69, 9.17) is 0 Å². The number of H-pyrrole nitrogens is 1. The SMILES string of the molecule is CC(C)CC1(CO)CCCN(C(=O)c2c[nH]c(=O)cc2O)C1. The summed E-state index contributed by atoms with van der Waals surface area (Å²) in [7, 11) is 0. The molecule has 1 atom stereocenters. The van der Waals surface area contributed by atoms with Gasteiger partial charge in [-0.2, -0.15) is 0 Å². The number of carbonyl (C=O) groups is 1. The van der Waals surface area contributed by atoms with Gasteiger partial charge in [0.15, 0.2) is 0 Å². The summed E-state index contributed by atoms with van der Waals surface area (Å²) in [6, 6.07) is 1.00. The van der Waals surface area contributed by atoms with Crippen molar-refractivity contribution in [2.45, 2.75) is 33.1 Å². The van der Waals surface area contributed by atoms with Gasteiger partial charge in [-0.05, 0) is 25.2 Å². The number of nitrogens with one attached hydrogen (secondary N) is 1. The van der Waals surface area contributed by atoms with Crippen molar-refractivity contribution in [2.75, 3.05) is 19.7 Å². The molecule has 1 unspecified atom stereocenters. The quantitative estimate of drug-likeness (QED) is 0.782. The molecule has 1 amide bonds. The first kappa shape index (κ1) is 16.5. The Labute approximate surface area is 129 Å². The van der Waals surface area contributed by atoms with Gasteiger partial charge in [0.2, 0.25) is 0 Å². The predicted molar refractivity (Wildman–Crippen MR) is 82.8 cm³/mol. The molecule has 2 heterocycles. The fourth-order valence-corrected chi connectivity index (χ4v) is 3.41. The van der Waals surface area contributed by atoms with E-state index in [2.05, 4.69) is 18.8 Å². The monoisotopic (exact) mass is 308 g/mol. The highest BCUT2D eigenvalue weighted by molar-refractivity contribution is 5.96. The van der Waals surface area contributed by atoms with Gasteiger partial charge in [0, 0.05) is 30.8 Å². The number of aromatic hydroxyl groups is 1. The van der Waals surface area contributed by atoms with Crippen LogP contribution in [0.2, 0.25) is 0 Å². The molecule has 1 saturated heterocycles. The fourth-order valence-electron chi connectivity index (χ4n) is 3.41. The molecule has 0 aromatic carbocycles. The highest BCUT2D eigenvalue weighted by Crippen LogP contribution is 2.36. The Morgan fingerprint density at radius 1 is 1.50 bits per heavy atom. The zero-order chi connectivity index (χ0) is 16.3. The number of aromatic amines is 1. The summed E-state index contributed by atoms with van der Waals surface area (Å²) in [6.07, 6.45) is 3.81. The second-order valence-electron chi connectivity index (χ2n) is 6.68. The summed E-state index contributed by atoms with van der Waals surface area (Å²) in [4.78, 5) is 27.8. The maximum absolute atomic E-state index is 12.6. The molecule has 2 rings (SSSR count). The molecule has 0 aliphatic carbocycles. The number of aliphatic hydroxyl groups is 1. The van der Waals surface area contributed by atoms with Gasteiger partial charge in [-0.15, -0.1) is 0 Å². The number of hydrogen-bond acceptors (Lipinski definition) is 4. The summed E-state index contributed by atoms with van der Waals surface area (Å²) in [5.41, 5.74) is -0.630. The number of pyridine rings is 1. The molecule has 122 valence electrons. The Morgan fingerprint density at radius 2 is 2.23 bits per heavy atom. The first-order chi connectivity index (χ1) is 10.4. The topological polar surface area (TPSA) is 93.6 Å². The van der Waals surface area contributed by atoms with E-state index in [1.54, 1.807) is 4.90 Å². The number of aliphatic hydroxyl groups excluding tert-OH is 1. The minimum absolute atomic E-state index is 0.0482. The molecule has 1 aliphatic rings. The van der Waals surface area contributed by atoms with Gasteiger partial charge in [-0.1, -0.05) is 13.8 Å². The minimum atomic E-state index is -0.447. The molecule has 1 fully saturated rings. The van der Waals surface area contributed by atoms with E-state index in [0.717, 1.165) is 25.3 Å². The number of aromatic nitrogens is 1. The van der Waals surface area contributed by atoms with E-state index >= 15 is 0 Å². The maximum atomic E-state index is 12.6. The molecule has 1 aromatic heterocycles. The Bertz CT molecular complexity index is 596. The first-order valence-electron chi connectivity index (χ1n) is 7.69. The number of piperidine rings is 1. The van der Waals surface area contributed by atoms with Crippen molar-refractivity contribution < 1.29 is 15.0 Å². The average molecular weight is 308 g/mol. The first-order valence-corrected chi connectivity index (χ1v) is 7.69. The number of carbonyl (C=O) groups excluding carboxylic acids is 1. The van der Waals surface area contributed by atoms with E-state index in [0.29, 0.717) is 19.0 Å². The van der Waals surface area contributed by atoms with E-state index < -0.39 is 5.56 Å². The van der Waals surface area contributed by atoms with Crippen LogP contribution in [-0.2, 0) is 0 Å². The molecule has 0 bridgehead atoms. The Balaban J connectivity index is 2.21. The van der Waals surface area contributed by atoms with Crippen LogP contribution in [0, 0.1) is 11.3 Å². The third-order valence-corrected chi connectivity index (χ3v) is 4.26. The Hall–Kier alpha value is -1.82. The van der Waals surface area contributed by atoms with Gasteiger partial charge in [0.25, 0.3) is 11.5 Å². The van der Waals surface area contributed by atoms with Crippen LogP contribution < -0.4 is 5.56 Å². The summed E-state index contributed by atoms with van der Waals surface area (Å²) in [5, 5.41) is 19.6. The van der Waals surface area contributed by atoms with Crippen molar-refractivity contribution in [3.63, 3.8) is 0 Å². The summed E-state index contributed by atoms with van der Waals surface area (Å²) in [5.74, 6) is -0.184. The zero-order valence-corrected chi connectivity index (χ0v) is 13.1. The Morgan fingerprint density at radius 3 is 2.82 bits per heavy atom. The van der Waals surface area contributed by atoms with Crippen molar-refractivity contribution in [3.8, 4) is 5.75 Å². The summed E-state index contributed by atoms with van der Waals surface area (Å²) >= 11 is 0. The van der Waals surface area contributed by atoms with E-state index in [9.17, 15) is 19.8 Å². The van der Waals surface area contributed by atoms with Gasteiger partial charge in [0.05, 0.1) is 12.2 Å². The maximum Gasteiger partial charge on any atom is 0.259 e. The molecular weight excluding hydrogens is 284 g/mol. The zero-order valence-electron chi connectivity index (χ0n) is 13.1. The van der Waals surface area contributed by atoms with Gasteiger partial charge >= 0.3 is 0 Å². The van der Waals surface area contributed by atoms with Crippen LogP contribution in [-0.4, -0.2) is 45.7 Å². The van der Waals surface area contributed by atoms with Crippen molar-refractivity contribution in [1.29, 1.82) is 0 Å². The normalized spacial score (nSPS) is 22.1.